The molecule has 3 aliphatic rings. The van der Waals surface area contributed by atoms with Crippen LogP contribution in [0.25, 0.3) is 11.2 Å². The second kappa shape index (κ2) is 11.0. The van der Waals surface area contributed by atoms with Crippen molar-refractivity contribution in [2.24, 2.45) is 0 Å². The Morgan fingerprint density at radius 2 is 2.03 bits per heavy atom. The van der Waals surface area contributed by atoms with E-state index in [1.807, 2.05) is 11.8 Å². The van der Waals surface area contributed by atoms with Crippen LogP contribution in [0, 0.1) is 0 Å². The third kappa shape index (κ3) is 5.71. The Bertz CT molecular complexity index is 1170. The zero-order chi connectivity index (χ0) is 26.2. The summed E-state index contributed by atoms with van der Waals surface area (Å²) in [5.74, 6) is 1.06. The topological polar surface area (TPSA) is 216 Å². The minimum absolute atomic E-state index is 0.0252. The molecule has 0 aromatic carbocycles. The minimum Gasteiger partial charge on any atom is -0.387 e. The number of hydrogen-bond donors (Lipinski definition) is 6. The van der Waals surface area contributed by atoms with Crippen LogP contribution in [0.2, 0.25) is 0 Å². The fraction of sp³-hybridized carbons (Fsp3) is 0.700. The molecule has 2 aromatic heterocycles. The van der Waals surface area contributed by atoms with E-state index in [1.54, 1.807) is 0 Å². The molecule has 3 saturated heterocycles. The standard InChI is InChI=1S/C20H30N7O8PS/c21-17-14-18(23-8-22-17)27(9-24-14)19-16(29)15(28)11(35-19)6-34-36(31,32)33-5-3-1-2-4-12-13-10(7-37-12)25-20(30)26-13/h8-13,15-16,19,28-29H,1-7H2,(H,31,32)(H2,21,22,23)(H2,25,26,30)/t10?,11-,12+,13?,15-,16-,19-/m1/s1. The third-order valence-electron chi connectivity index (χ3n) is 6.73. The normalized spacial score (nSPS) is 32.8. The van der Waals surface area contributed by atoms with E-state index in [9.17, 15) is 24.5 Å². The van der Waals surface area contributed by atoms with Crippen molar-refractivity contribution in [1.29, 1.82) is 0 Å². The van der Waals surface area contributed by atoms with Gasteiger partial charge in [0.1, 0.15) is 30.2 Å². The highest BCUT2D eigenvalue weighted by molar-refractivity contribution is 8.00. The summed E-state index contributed by atoms with van der Waals surface area (Å²) < 4.78 is 29.5. The lowest BCUT2D eigenvalue weighted by Gasteiger charge is -2.18. The molecular weight excluding hydrogens is 529 g/mol. The number of nitrogens with one attached hydrogen (secondary N) is 2. The molecule has 3 unspecified atom stereocenters. The Labute approximate surface area is 216 Å². The molecule has 0 aliphatic carbocycles. The van der Waals surface area contributed by atoms with Crippen molar-refractivity contribution in [3.8, 4) is 0 Å². The van der Waals surface area contributed by atoms with Gasteiger partial charge in [0.15, 0.2) is 17.7 Å². The third-order valence-corrected chi connectivity index (χ3v) is 9.22. The number of aliphatic hydroxyl groups excluding tert-OH is 2. The molecular formula is C20H30N7O8PS. The average molecular weight is 560 g/mol. The summed E-state index contributed by atoms with van der Waals surface area (Å²) in [5.41, 5.74) is 6.40. The smallest absolute Gasteiger partial charge is 0.387 e. The number of imidazole rings is 1. The highest BCUT2D eigenvalue weighted by atomic mass is 32.2. The molecule has 5 rings (SSSR count). The number of hydrogen-bond acceptors (Lipinski definition) is 12. The first-order chi connectivity index (χ1) is 17.7. The van der Waals surface area contributed by atoms with E-state index in [1.165, 1.54) is 17.2 Å². The number of nitrogens with two attached hydrogens (primary N) is 1. The Kier molecular flexibility index (Phi) is 7.88. The number of carbonyl (C=O) groups is 1. The molecule has 7 N–H and O–H groups in total. The first kappa shape index (κ1) is 26.6. The molecule has 8 atom stereocenters. The zero-order valence-corrected chi connectivity index (χ0v) is 21.5. The van der Waals surface area contributed by atoms with Crippen molar-refractivity contribution in [3.05, 3.63) is 12.7 Å². The lowest BCUT2D eigenvalue weighted by molar-refractivity contribution is -0.0514. The molecule has 204 valence electrons. The Balaban J connectivity index is 1.03. The molecule has 37 heavy (non-hydrogen) atoms. The lowest BCUT2D eigenvalue weighted by Crippen LogP contribution is -2.36. The molecule has 15 nitrogen and oxygen atoms in total. The summed E-state index contributed by atoms with van der Waals surface area (Å²) in [4.78, 5) is 33.5. The number of fused-ring (bicyclic) bond motifs is 2. The molecule has 3 fully saturated rings. The number of phosphoric acid groups is 1. The summed E-state index contributed by atoms with van der Waals surface area (Å²) in [7, 11) is -4.40. The van der Waals surface area contributed by atoms with Gasteiger partial charge in [-0.25, -0.2) is 24.3 Å². The van der Waals surface area contributed by atoms with Gasteiger partial charge in [-0.1, -0.05) is 12.8 Å². The SMILES string of the molecule is Nc1ncnc2c1ncn2[C@@H]1O[C@H](COP(=O)(O)OCCCCC[C@@H]2SCC3NC(=O)NC32)[C@@H](O)[C@H]1O. The van der Waals surface area contributed by atoms with Gasteiger partial charge in [-0.2, -0.15) is 11.8 Å². The predicted molar refractivity (Wildman–Crippen MR) is 131 cm³/mol. The van der Waals surface area contributed by atoms with Crippen molar-refractivity contribution >= 4 is 42.6 Å². The van der Waals surface area contributed by atoms with Crippen LogP contribution in [0.4, 0.5) is 10.6 Å². The first-order valence-corrected chi connectivity index (χ1v) is 14.5. The van der Waals surface area contributed by atoms with Crippen molar-refractivity contribution in [2.45, 2.75) is 67.6 Å². The van der Waals surface area contributed by atoms with Crippen LogP contribution in [0.1, 0.15) is 31.9 Å². The fourth-order valence-electron chi connectivity index (χ4n) is 4.81. The van der Waals surface area contributed by atoms with E-state index in [2.05, 4.69) is 25.6 Å². The number of ether oxygens (including phenoxy) is 1. The van der Waals surface area contributed by atoms with Gasteiger partial charge < -0.3 is 36.2 Å². The van der Waals surface area contributed by atoms with Gasteiger partial charge in [0.2, 0.25) is 0 Å². The Hall–Kier alpha value is -2.04. The summed E-state index contributed by atoms with van der Waals surface area (Å²) >= 11 is 1.84. The second-order valence-electron chi connectivity index (χ2n) is 9.20. The lowest BCUT2D eigenvalue weighted by atomic mass is 10.0. The van der Waals surface area contributed by atoms with E-state index in [0.717, 1.165) is 25.0 Å². The quantitative estimate of drug-likeness (QED) is 0.120. The van der Waals surface area contributed by atoms with E-state index in [0.29, 0.717) is 22.8 Å². The van der Waals surface area contributed by atoms with E-state index in [4.69, 9.17) is 19.5 Å². The molecule has 2 amide bonds. The Morgan fingerprint density at radius 3 is 2.86 bits per heavy atom. The highest BCUT2D eigenvalue weighted by Crippen LogP contribution is 2.44. The van der Waals surface area contributed by atoms with E-state index < -0.39 is 39.0 Å². The summed E-state index contributed by atoms with van der Waals surface area (Å²) in [6.07, 6.45) is 0.851. The van der Waals surface area contributed by atoms with Crippen molar-refractivity contribution in [2.75, 3.05) is 24.7 Å². The monoisotopic (exact) mass is 559 g/mol. The molecule has 0 radical (unpaired) electrons. The maximum absolute atomic E-state index is 12.3. The van der Waals surface area contributed by atoms with E-state index in [-0.39, 0.29) is 30.5 Å². The largest absolute Gasteiger partial charge is 0.472 e. The summed E-state index contributed by atoms with van der Waals surface area (Å²) in [6.45, 7) is -0.453. The molecule has 0 saturated carbocycles. The number of carbonyl (C=O) groups excluding carboxylic acids is 1. The highest BCUT2D eigenvalue weighted by Gasteiger charge is 2.45. The maximum atomic E-state index is 12.3. The number of phosphoric ester groups is 1. The van der Waals surface area contributed by atoms with Gasteiger partial charge in [0.05, 0.1) is 31.6 Å². The summed E-state index contributed by atoms with van der Waals surface area (Å²) in [6, 6.07) is 0.238. The van der Waals surface area contributed by atoms with E-state index >= 15 is 0 Å². The van der Waals surface area contributed by atoms with Crippen LogP contribution >= 0.6 is 19.6 Å². The van der Waals surface area contributed by atoms with Crippen molar-refractivity contribution in [1.82, 2.24) is 30.2 Å². The number of aromatic nitrogens is 4. The van der Waals surface area contributed by atoms with Crippen LogP contribution in [0.5, 0.6) is 0 Å². The number of nitrogen functional groups attached to an aromatic ring is 1. The number of aliphatic hydroxyl groups is 2. The second-order valence-corrected chi connectivity index (χ2v) is 11.9. The van der Waals surface area contributed by atoms with Gasteiger partial charge in [-0.05, 0) is 12.8 Å². The number of rotatable bonds is 11. The molecule has 5 heterocycles. The van der Waals surface area contributed by atoms with Crippen molar-refractivity contribution in [3.63, 3.8) is 0 Å². The minimum atomic E-state index is -4.40. The number of unbranched alkanes of at least 4 members (excludes halogenated alkanes) is 2. The van der Waals surface area contributed by atoms with Crippen molar-refractivity contribution < 1.29 is 38.3 Å². The summed E-state index contributed by atoms with van der Waals surface area (Å²) in [5, 5.41) is 27.1. The van der Waals surface area contributed by atoms with Gasteiger partial charge >= 0.3 is 13.9 Å². The molecule has 2 aromatic rings. The number of thioether (sulfide) groups is 1. The van der Waals surface area contributed by atoms with Gasteiger partial charge in [-0.3, -0.25) is 13.6 Å². The van der Waals surface area contributed by atoms with Crippen LogP contribution in [-0.4, -0.2) is 95.3 Å². The fourth-order valence-corrected chi connectivity index (χ4v) is 7.12. The number of amides is 2. The Morgan fingerprint density at radius 1 is 1.19 bits per heavy atom. The molecule has 0 spiro atoms. The number of nitrogens with zero attached hydrogens (tertiary/aromatic N) is 4. The maximum Gasteiger partial charge on any atom is 0.472 e. The zero-order valence-electron chi connectivity index (χ0n) is 19.8. The molecule has 17 heteroatoms. The molecule has 0 bridgehead atoms. The van der Waals surface area contributed by atoms with Crippen LogP contribution in [0.15, 0.2) is 12.7 Å². The van der Waals surface area contributed by atoms with Gasteiger partial charge in [0.25, 0.3) is 0 Å². The number of anilines is 1. The predicted octanol–water partition coefficient (Wildman–Crippen LogP) is -0.113. The average Bonchev–Trinajstić information content (AvgIpc) is 3.60. The molecule has 3 aliphatic heterocycles. The van der Waals surface area contributed by atoms with Gasteiger partial charge in [0, 0.05) is 11.0 Å². The van der Waals surface area contributed by atoms with Crippen LogP contribution < -0.4 is 16.4 Å². The van der Waals surface area contributed by atoms with Crippen LogP contribution in [0.3, 0.4) is 0 Å². The van der Waals surface area contributed by atoms with Gasteiger partial charge in [-0.15, -0.1) is 0 Å². The number of urea groups is 1. The van der Waals surface area contributed by atoms with Crippen LogP contribution in [-0.2, 0) is 18.3 Å². The first-order valence-electron chi connectivity index (χ1n) is 12.0.